The van der Waals surface area contributed by atoms with Crippen molar-refractivity contribution in [1.29, 1.82) is 0 Å². The smallest absolute Gasteiger partial charge is 0.261 e. The number of ether oxygens (including phenoxy) is 1. The summed E-state index contributed by atoms with van der Waals surface area (Å²) in [7, 11) is 1.57. The first-order chi connectivity index (χ1) is 11.8. The van der Waals surface area contributed by atoms with Crippen LogP contribution in [0.5, 0.6) is 0 Å². The van der Waals surface area contributed by atoms with E-state index in [1.807, 2.05) is 6.92 Å². The Bertz CT molecular complexity index is 643. The number of alkyl halides is 2. The Kier molecular flexibility index (Phi) is 5.02. The van der Waals surface area contributed by atoms with Gasteiger partial charge in [-0.2, -0.15) is 0 Å². The first kappa shape index (κ1) is 18.1. The molecular formula is C17H24F2N4O2. The third kappa shape index (κ3) is 3.95. The highest BCUT2D eigenvalue weighted by atomic mass is 19.3. The summed E-state index contributed by atoms with van der Waals surface area (Å²) in [4.78, 5) is 24.5. The van der Waals surface area contributed by atoms with Crippen LogP contribution in [0.15, 0.2) is 12.4 Å². The second-order valence-corrected chi connectivity index (χ2v) is 7.15. The molecular weight excluding hydrogens is 330 g/mol. The zero-order valence-electron chi connectivity index (χ0n) is 14.7. The summed E-state index contributed by atoms with van der Waals surface area (Å²) >= 11 is 0. The molecule has 8 heteroatoms. The minimum absolute atomic E-state index is 0.177. The van der Waals surface area contributed by atoms with Crippen molar-refractivity contribution in [1.82, 2.24) is 19.8 Å². The first-order valence-corrected chi connectivity index (χ1v) is 8.50. The molecule has 0 bridgehead atoms. The van der Waals surface area contributed by atoms with Crippen LogP contribution in [0.3, 0.4) is 0 Å². The normalized spacial score (nSPS) is 26.6. The van der Waals surface area contributed by atoms with E-state index in [9.17, 15) is 13.6 Å². The van der Waals surface area contributed by atoms with E-state index in [0.29, 0.717) is 38.4 Å². The summed E-state index contributed by atoms with van der Waals surface area (Å²) < 4.78 is 33.8. The van der Waals surface area contributed by atoms with Gasteiger partial charge in [-0.1, -0.05) is 0 Å². The number of nitrogens with zero attached hydrogens (tertiary/aromatic N) is 4. The molecule has 1 spiro atoms. The van der Waals surface area contributed by atoms with Crippen molar-refractivity contribution in [3.8, 4) is 0 Å². The lowest BCUT2D eigenvalue weighted by Gasteiger charge is -2.42. The third-order valence-electron chi connectivity index (χ3n) is 4.94. The number of halogens is 2. The molecule has 138 valence electrons. The molecule has 1 atom stereocenters. The van der Waals surface area contributed by atoms with Crippen molar-refractivity contribution in [2.45, 2.75) is 32.2 Å². The van der Waals surface area contributed by atoms with Crippen molar-refractivity contribution in [3.63, 3.8) is 0 Å². The van der Waals surface area contributed by atoms with Gasteiger partial charge in [0, 0.05) is 52.1 Å². The average Bonchev–Trinajstić information content (AvgIpc) is 2.79. The third-order valence-corrected chi connectivity index (χ3v) is 4.94. The van der Waals surface area contributed by atoms with E-state index in [1.54, 1.807) is 29.3 Å². The Balaban J connectivity index is 1.76. The van der Waals surface area contributed by atoms with Gasteiger partial charge in [0.25, 0.3) is 5.92 Å². The molecule has 2 fully saturated rings. The van der Waals surface area contributed by atoms with Crippen LogP contribution < -0.4 is 0 Å². The van der Waals surface area contributed by atoms with Crippen LogP contribution in [0, 0.1) is 12.3 Å². The van der Waals surface area contributed by atoms with E-state index in [2.05, 4.69) is 9.97 Å². The van der Waals surface area contributed by atoms with Crippen molar-refractivity contribution < 1.29 is 18.3 Å². The quantitative estimate of drug-likeness (QED) is 0.802. The van der Waals surface area contributed by atoms with Gasteiger partial charge < -0.3 is 9.64 Å². The Morgan fingerprint density at radius 2 is 2.12 bits per heavy atom. The van der Waals surface area contributed by atoms with E-state index in [4.69, 9.17) is 4.74 Å². The minimum atomic E-state index is -2.89. The second kappa shape index (κ2) is 6.92. The van der Waals surface area contributed by atoms with Crippen LogP contribution in [-0.4, -0.2) is 71.5 Å². The lowest BCUT2D eigenvalue weighted by Crippen LogP contribution is -2.55. The van der Waals surface area contributed by atoms with E-state index in [-0.39, 0.29) is 25.4 Å². The largest absolute Gasteiger partial charge is 0.383 e. The summed E-state index contributed by atoms with van der Waals surface area (Å²) in [6.45, 7) is 3.45. The number of carbonyl (C=O) groups excluding carboxylic acids is 1. The van der Waals surface area contributed by atoms with Crippen LogP contribution >= 0.6 is 0 Å². The first-order valence-electron chi connectivity index (χ1n) is 8.50. The maximum Gasteiger partial charge on any atom is 0.261 e. The van der Waals surface area contributed by atoms with Gasteiger partial charge in [-0.05, 0) is 13.3 Å². The Hall–Kier alpha value is -1.67. The molecule has 0 radical (unpaired) electrons. The monoisotopic (exact) mass is 354 g/mol. The molecule has 0 aliphatic carbocycles. The van der Waals surface area contributed by atoms with Gasteiger partial charge in [0.05, 0.1) is 30.0 Å². The molecule has 25 heavy (non-hydrogen) atoms. The lowest BCUT2D eigenvalue weighted by atomic mass is 9.77. The molecule has 0 aromatic carbocycles. The molecule has 3 heterocycles. The van der Waals surface area contributed by atoms with Crippen LogP contribution in [0.4, 0.5) is 8.78 Å². The summed E-state index contributed by atoms with van der Waals surface area (Å²) in [5.41, 5.74) is 0.389. The number of rotatable bonds is 5. The van der Waals surface area contributed by atoms with Gasteiger partial charge in [-0.25, -0.2) is 8.78 Å². The van der Waals surface area contributed by atoms with Crippen LogP contribution in [0.25, 0.3) is 0 Å². The zero-order chi connectivity index (χ0) is 18.1. The van der Waals surface area contributed by atoms with Gasteiger partial charge in [0.2, 0.25) is 5.91 Å². The van der Waals surface area contributed by atoms with E-state index in [1.165, 1.54) is 0 Å². The number of carbonyl (C=O) groups is 1. The van der Waals surface area contributed by atoms with Crippen LogP contribution in [-0.2, 0) is 16.1 Å². The van der Waals surface area contributed by atoms with E-state index >= 15 is 0 Å². The molecule has 0 saturated carbocycles. The number of hydrogen-bond donors (Lipinski definition) is 0. The number of aryl methyl sites for hydroxylation is 1. The summed E-state index contributed by atoms with van der Waals surface area (Å²) in [5, 5.41) is 0. The van der Waals surface area contributed by atoms with Gasteiger partial charge in [-0.3, -0.25) is 19.7 Å². The van der Waals surface area contributed by atoms with Crippen molar-refractivity contribution >= 4 is 5.91 Å². The SMILES string of the molecule is COCCN1CCC2(CN(Cc3cncc(C)n3)CC(F)(F)C2)C1=O. The molecule has 0 N–H and O–H groups in total. The standard InChI is InChI=1S/C17H24F2N4O2/c1-13-7-20-8-14(21-13)9-22-11-16(10-17(18,19)12-22)3-4-23(15(16)24)5-6-25-2/h7-8H,3-6,9-12H2,1-2H3. The number of likely N-dealkylation sites (tertiary alicyclic amines) is 2. The molecule has 3 rings (SSSR count). The fourth-order valence-electron chi connectivity index (χ4n) is 3.97. The summed E-state index contributed by atoms with van der Waals surface area (Å²) in [6, 6.07) is 0. The summed E-state index contributed by atoms with van der Waals surface area (Å²) in [6.07, 6.45) is 3.30. The molecule has 1 unspecified atom stereocenters. The van der Waals surface area contributed by atoms with Crippen LogP contribution in [0.2, 0.25) is 0 Å². The van der Waals surface area contributed by atoms with E-state index < -0.39 is 11.3 Å². The average molecular weight is 354 g/mol. The number of aromatic nitrogens is 2. The van der Waals surface area contributed by atoms with Gasteiger partial charge >= 0.3 is 0 Å². The molecule has 2 aliphatic heterocycles. The maximum absolute atomic E-state index is 14.4. The van der Waals surface area contributed by atoms with Crippen molar-refractivity contribution in [2.24, 2.45) is 5.41 Å². The topological polar surface area (TPSA) is 58.6 Å². The van der Waals surface area contributed by atoms with Gasteiger partial charge in [0.15, 0.2) is 0 Å². The number of amides is 1. The van der Waals surface area contributed by atoms with Gasteiger partial charge in [-0.15, -0.1) is 0 Å². The summed E-state index contributed by atoms with van der Waals surface area (Å²) in [5.74, 6) is -3.06. The Morgan fingerprint density at radius 3 is 2.84 bits per heavy atom. The van der Waals surface area contributed by atoms with E-state index in [0.717, 1.165) is 5.69 Å². The molecule has 2 aliphatic rings. The second-order valence-electron chi connectivity index (χ2n) is 7.15. The predicted molar refractivity (Wildman–Crippen MR) is 87.1 cm³/mol. The molecule has 1 aromatic heterocycles. The molecule has 1 aromatic rings. The molecule has 6 nitrogen and oxygen atoms in total. The number of piperidine rings is 1. The van der Waals surface area contributed by atoms with Gasteiger partial charge in [0.1, 0.15) is 0 Å². The Morgan fingerprint density at radius 1 is 1.32 bits per heavy atom. The predicted octanol–water partition coefficient (Wildman–Crippen LogP) is 1.49. The highest BCUT2D eigenvalue weighted by Crippen LogP contribution is 2.45. The van der Waals surface area contributed by atoms with Crippen molar-refractivity contribution in [3.05, 3.63) is 23.8 Å². The van der Waals surface area contributed by atoms with Crippen LogP contribution in [0.1, 0.15) is 24.2 Å². The Labute approximate surface area is 146 Å². The highest BCUT2D eigenvalue weighted by molar-refractivity contribution is 5.85. The number of hydrogen-bond acceptors (Lipinski definition) is 5. The fourth-order valence-corrected chi connectivity index (χ4v) is 3.97. The lowest BCUT2D eigenvalue weighted by molar-refractivity contribution is -0.155. The fraction of sp³-hybridized carbons (Fsp3) is 0.706. The molecule has 2 saturated heterocycles. The highest BCUT2D eigenvalue weighted by Gasteiger charge is 2.56. The zero-order valence-corrected chi connectivity index (χ0v) is 14.7. The number of methoxy groups -OCH3 is 1. The minimum Gasteiger partial charge on any atom is -0.383 e. The molecule has 1 amide bonds. The van der Waals surface area contributed by atoms with Crippen molar-refractivity contribution in [2.75, 3.05) is 39.9 Å². The maximum atomic E-state index is 14.4.